The Morgan fingerprint density at radius 2 is 1.62 bits per heavy atom. The SMILES string of the molecule is CCCCCCOc1ccc(C=C2C(=O)OC(C)(C)OC2=O)cc1. The molecule has 1 fully saturated rings. The Hall–Kier alpha value is -2.30. The van der Waals surface area contributed by atoms with Crippen molar-refractivity contribution in [3.63, 3.8) is 0 Å². The summed E-state index contributed by atoms with van der Waals surface area (Å²) in [5.74, 6) is -1.80. The fraction of sp³-hybridized carbons (Fsp3) is 0.474. The summed E-state index contributed by atoms with van der Waals surface area (Å²) >= 11 is 0. The number of esters is 2. The number of cyclic esters (lactones) is 2. The molecule has 0 aliphatic carbocycles. The van der Waals surface area contributed by atoms with Crippen LogP contribution in [-0.4, -0.2) is 24.3 Å². The average Bonchev–Trinajstić information content (AvgIpc) is 2.51. The molecule has 0 spiro atoms. The van der Waals surface area contributed by atoms with E-state index in [1.807, 2.05) is 12.1 Å². The number of ether oxygens (including phenoxy) is 3. The zero-order chi connectivity index (χ0) is 17.6. The van der Waals surface area contributed by atoms with Crippen molar-refractivity contribution in [2.45, 2.75) is 52.2 Å². The predicted octanol–water partition coefficient (Wildman–Crippen LogP) is 3.87. The molecule has 0 aromatic heterocycles. The van der Waals surface area contributed by atoms with E-state index in [0.717, 1.165) is 12.2 Å². The molecule has 2 rings (SSSR count). The molecule has 130 valence electrons. The highest BCUT2D eigenvalue weighted by Crippen LogP contribution is 2.24. The summed E-state index contributed by atoms with van der Waals surface area (Å²) in [6.07, 6.45) is 6.09. The van der Waals surface area contributed by atoms with Crippen LogP contribution in [0.3, 0.4) is 0 Å². The van der Waals surface area contributed by atoms with E-state index in [2.05, 4.69) is 6.92 Å². The first-order chi connectivity index (χ1) is 11.4. The molecule has 1 aromatic rings. The van der Waals surface area contributed by atoms with Gasteiger partial charge in [0.15, 0.2) is 0 Å². The molecule has 0 N–H and O–H groups in total. The monoisotopic (exact) mass is 332 g/mol. The second-order valence-electron chi connectivity index (χ2n) is 6.22. The number of unbranched alkanes of at least 4 members (excludes halogenated alkanes) is 3. The van der Waals surface area contributed by atoms with Crippen molar-refractivity contribution in [1.29, 1.82) is 0 Å². The standard InChI is InChI=1S/C19H24O5/c1-4-5-6-7-12-22-15-10-8-14(9-11-15)13-16-17(20)23-19(2,3)24-18(16)21/h8-11,13H,4-7,12H2,1-3H3. The molecule has 5 nitrogen and oxygen atoms in total. The van der Waals surface area contributed by atoms with Gasteiger partial charge in [-0.05, 0) is 30.2 Å². The Balaban J connectivity index is 1.96. The Labute approximate surface area is 142 Å². The molecule has 1 heterocycles. The van der Waals surface area contributed by atoms with Crippen molar-refractivity contribution >= 4 is 18.0 Å². The summed E-state index contributed by atoms with van der Waals surface area (Å²) in [4.78, 5) is 23.8. The van der Waals surface area contributed by atoms with Crippen molar-refractivity contribution in [3.05, 3.63) is 35.4 Å². The summed E-state index contributed by atoms with van der Waals surface area (Å²) in [6.45, 7) is 5.90. The molecular weight excluding hydrogens is 308 g/mol. The van der Waals surface area contributed by atoms with Crippen molar-refractivity contribution < 1.29 is 23.8 Å². The van der Waals surface area contributed by atoms with Gasteiger partial charge in [-0.2, -0.15) is 0 Å². The van der Waals surface area contributed by atoms with Gasteiger partial charge in [-0.15, -0.1) is 0 Å². The van der Waals surface area contributed by atoms with Crippen molar-refractivity contribution in [1.82, 2.24) is 0 Å². The van der Waals surface area contributed by atoms with Gasteiger partial charge in [0.25, 0.3) is 5.79 Å². The molecule has 0 saturated carbocycles. The second-order valence-corrected chi connectivity index (χ2v) is 6.22. The van der Waals surface area contributed by atoms with E-state index in [9.17, 15) is 9.59 Å². The summed E-state index contributed by atoms with van der Waals surface area (Å²) < 4.78 is 15.8. The Kier molecular flexibility index (Phi) is 6.01. The Bertz CT molecular complexity index is 591. The van der Waals surface area contributed by atoms with Crippen LogP contribution in [0.4, 0.5) is 0 Å². The van der Waals surface area contributed by atoms with Crippen molar-refractivity contribution in [2.75, 3.05) is 6.61 Å². The van der Waals surface area contributed by atoms with Crippen LogP contribution in [0.5, 0.6) is 5.75 Å². The first kappa shape index (κ1) is 18.0. The quantitative estimate of drug-likeness (QED) is 0.328. The van der Waals surface area contributed by atoms with E-state index in [1.165, 1.54) is 39.2 Å². The lowest BCUT2D eigenvalue weighted by molar-refractivity contribution is -0.222. The maximum Gasteiger partial charge on any atom is 0.348 e. The molecule has 1 saturated heterocycles. The highest BCUT2D eigenvalue weighted by atomic mass is 16.7. The van der Waals surface area contributed by atoms with Crippen molar-refractivity contribution in [2.24, 2.45) is 0 Å². The summed E-state index contributed by atoms with van der Waals surface area (Å²) in [5, 5.41) is 0. The summed E-state index contributed by atoms with van der Waals surface area (Å²) in [6, 6.07) is 7.20. The van der Waals surface area contributed by atoms with Crippen LogP contribution in [0.2, 0.25) is 0 Å². The van der Waals surface area contributed by atoms with Crippen LogP contribution in [0.25, 0.3) is 6.08 Å². The molecule has 0 unspecified atom stereocenters. The number of hydrogen-bond acceptors (Lipinski definition) is 5. The van der Waals surface area contributed by atoms with Gasteiger partial charge in [-0.25, -0.2) is 9.59 Å². The minimum atomic E-state index is -1.22. The van der Waals surface area contributed by atoms with Crippen LogP contribution in [-0.2, 0) is 19.1 Å². The van der Waals surface area contributed by atoms with Gasteiger partial charge in [0.1, 0.15) is 11.3 Å². The predicted molar refractivity (Wildman–Crippen MR) is 90.3 cm³/mol. The molecule has 1 aliphatic heterocycles. The fourth-order valence-corrected chi connectivity index (χ4v) is 2.32. The lowest BCUT2D eigenvalue weighted by Gasteiger charge is -2.29. The highest BCUT2D eigenvalue weighted by molar-refractivity contribution is 6.18. The van der Waals surface area contributed by atoms with E-state index in [1.54, 1.807) is 12.1 Å². The van der Waals surface area contributed by atoms with E-state index >= 15 is 0 Å². The molecule has 0 bridgehead atoms. The van der Waals surface area contributed by atoms with Crippen LogP contribution < -0.4 is 4.74 Å². The third-order valence-electron chi connectivity index (χ3n) is 3.57. The molecule has 0 radical (unpaired) electrons. The first-order valence-corrected chi connectivity index (χ1v) is 8.32. The molecule has 0 atom stereocenters. The maximum atomic E-state index is 11.9. The molecular formula is C19H24O5. The molecule has 5 heteroatoms. The van der Waals surface area contributed by atoms with Gasteiger partial charge in [-0.3, -0.25) is 0 Å². The minimum Gasteiger partial charge on any atom is -0.494 e. The smallest absolute Gasteiger partial charge is 0.348 e. The Morgan fingerprint density at radius 3 is 2.21 bits per heavy atom. The molecule has 0 amide bonds. The first-order valence-electron chi connectivity index (χ1n) is 8.32. The maximum absolute atomic E-state index is 11.9. The third kappa shape index (κ3) is 5.11. The Morgan fingerprint density at radius 1 is 1.00 bits per heavy atom. The number of benzene rings is 1. The van der Waals surface area contributed by atoms with Crippen LogP contribution in [0, 0.1) is 0 Å². The lowest BCUT2D eigenvalue weighted by atomic mass is 10.1. The second kappa shape index (κ2) is 7.99. The van der Waals surface area contributed by atoms with Gasteiger partial charge in [0.05, 0.1) is 6.61 Å². The summed E-state index contributed by atoms with van der Waals surface area (Å²) in [5.41, 5.74) is 0.597. The van der Waals surface area contributed by atoms with Gasteiger partial charge < -0.3 is 14.2 Å². The zero-order valence-electron chi connectivity index (χ0n) is 14.5. The average molecular weight is 332 g/mol. The summed E-state index contributed by atoms with van der Waals surface area (Å²) in [7, 11) is 0. The highest BCUT2D eigenvalue weighted by Gasteiger charge is 2.38. The number of carbonyl (C=O) groups excluding carboxylic acids is 2. The van der Waals surface area contributed by atoms with Crippen LogP contribution in [0.15, 0.2) is 29.8 Å². The van der Waals surface area contributed by atoms with Crippen molar-refractivity contribution in [3.8, 4) is 5.75 Å². The van der Waals surface area contributed by atoms with E-state index in [0.29, 0.717) is 12.2 Å². The van der Waals surface area contributed by atoms with Gasteiger partial charge in [0, 0.05) is 13.8 Å². The lowest BCUT2D eigenvalue weighted by Crippen LogP contribution is -2.41. The number of hydrogen-bond donors (Lipinski definition) is 0. The van der Waals surface area contributed by atoms with Gasteiger partial charge in [-0.1, -0.05) is 38.3 Å². The number of carbonyl (C=O) groups is 2. The fourth-order valence-electron chi connectivity index (χ4n) is 2.32. The molecule has 24 heavy (non-hydrogen) atoms. The minimum absolute atomic E-state index is 0.109. The molecule has 1 aromatic carbocycles. The zero-order valence-corrected chi connectivity index (χ0v) is 14.5. The van der Waals surface area contributed by atoms with Gasteiger partial charge >= 0.3 is 11.9 Å². The normalized spacial score (nSPS) is 16.4. The third-order valence-corrected chi connectivity index (χ3v) is 3.57. The van der Waals surface area contributed by atoms with E-state index < -0.39 is 17.7 Å². The number of rotatable bonds is 7. The van der Waals surface area contributed by atoms with E-state index in [4.69, 9.17) is 14.2 Å². The topological polar surface area (TPSA) is 61.8 Å². The largest absolute Gasteiger partial charge is 0.494 e. The van der Waals surface area contributed by atoms with Gasteiger partial charge in [0.2, 0.25) is 0 Å². The molecule has 1 aliphatic rings. The van der Waals surface area contributed by atoms with Crippen LogP contribution >= 0.6 is 0 Å². The van der Waals surface area contributed by atoms with E-state index in [-0.39, 0.29) is 5.57 Å². The van der Waals surface area contributed by atoms with Crippen LogP contribution in [0.1, 0.15) is 52.0 Å².